The highest BCUT2D eigenvalue weighted by Crippen LogP contribution is 2.40. The minimum atomic E-state index is -2.46. The molecule has 0 radical (unpaired) electrons. The third-order valence-corrected chi connectivity index (χ3v) is 25.7. The van der Waals surface area contributed by atoms with E-state index < -0.39 is 77.8 Å². The summed E-state index contributed by atoms with van der Waals surface area (Å²) in [5, 5.41) is 37.9. The van der Waals surface area contributed by atoms with Crippen molar-refractivity contribution in [3.8, 4) is 17.1 Å². The number of benzene rings is 1. The Labute approximate surface area is 784 Å². The number of aryl methyl sites for hydroxylation is 1. The van der Waals surface area contributed by atoms with Gasteiger partial charge in [-0.15, -0.1) is 5.10 Å². The van der Waals surface area contributed by atoms with E-state index in [4.69, 9.17) is 87.3 Å². The number of aromatic nitrogens is 10. The predicted octanol–water partition coefficient (Wildman–Crippen LogP) is 8.58. The zero-order valence-corrected chi connectivity index (χ0v) is 79.6. The third kappa shape index (κ3) is 30.6. The van der Waals surface area contributed by atoms with Crippen molar-refractivity contribution in [2.75, 3.05) is 183 Å². The number of piperazine rings is 1. The van der Waals surface area contributed by atoms with E-state index in [0.29, 0.717) is 235 Å². The van der Waals surface area contributed by atoms with Crippen LogP contribution >= 0.6 is 0 Å². The first-order valence-corrected chi connectivity index (χ1v) is 47.5. The van der Waals surface area contributed by atoms with Gasteiger partial charge in [0.15, 0.2) is 22.8 Å². The van der Waals surface area contributed by atoms with E-state index in [-0.39, 0.29) is 91.7 Å². The van der Waals surface area contributed by atoms with Crippen LogP contribution in [-0.2, 0) is 108 Å². The van der Waals surface area contributed by atoms with Crippen molar-refractivity contribution in [1.82, 2.24) is 59.5 Å². The number of carbonyl (C=O) groups excluding carboxylic acids is 6. The molecule has 6 aromatic rings. The number of oxazole rings is 1. The van der Waals surface area contributed by atoms with E-state index in [1.807, 2.05) is 87.4 Å². The number of methoxy groups -OCH3 is 3. The number of cyclic esters (lactones) is 1. The second kappa shape index (κ2) is 54.0. The van der Waals surface area contributed by atoms with E-state index in [2.05, 4.69) is 40.1 Å². The summed E-state index contributed by atoms with van der Waals surface area (Å²) in [7, 11) is 4.65. The molecule has 134 heavy (non-hydrogen) atoms. The first-order chi connectivity index (χ1) is 64.8. The fraction of sp³-hybridized carbons (Fsp3) is 0.667. The number of allylic oxidation sites excluding steroid dienone is 6. The van der Waals surface area contributed by atoms with Crippen LogP contribution in [0.5, 0.6) is 0 Å². The third-order valence-electron chi connectivity index (χ3n) is 25.7. The van der Waals surface area contributed by atoms with Gasteiger partial charge in [0.05, 0.1) is 154 Å². The SMILES string of the molecule is CO[C@H]1C[C@@H]2CC[C@@H](C)[C@@](O)(O2)C(=O)C(=O)N2CCCC[C@H]2C(=O)O[C@H]([C@H](C)C[C@@H]2CC[C@@H](OCCCCc3cn(CCOCCOCCOCCOCCOCCOCCOCCOCCC(=O)N4CCN(c5cc(-n6nc(-c7ccc8oc(N)nc8c7)c7c(N)ncnc76)ncn5)CC4)nn3)[C@H](OC)C2)CC(=O)[C@H](C)/C=C(\C)[C@@H](O)[C@@H](OC)C(=O)[C@H](C)C[C@H](C)/C=C/C=C/C=C/1C. The van der Waals surface area contributed by atoms with Crippen LogP contribution in [0.15, 0.2) is 95.1 Å². The Kier molecular flexibility index (Phi) is 42.3. The predicted molar refractivity (Wildman–Crippen MR) is 496 cm³/mol. The van der Waals surface area contributed by atoms with Gasteiger partial charge in [-0.3, -0.25) is 24.0 Å². The van der Waals surface area contributed by atoms with Gasteiger partial charge in [0.25, 0.3) is 17.7 Å². The minimum absolute atomic E-state index is 0.00631. The quantitative estimate of drug-likeness (QED) is 0.0120. The number of fused-ring (bicyclic) bond motifs is 5. The van der Waals surface area contributed by atoms with Crippen LogP contribution in [0.4, 0.5) is 17.7 Å². The summed E-state index contributed by atoms with van der Waals surface area (Å²) in [5.41, 5.74) is 17.1. The van der Waals surface area contributed by atoms with Crippen LogP contribution in [-0.4, -0.2) is 326 Å². The average Bonchev–Trinajstić information content (AvgIpc) is 1.55. The Hall–Kier alpha value is -9.36. The number of unbranched alkanes of at least 4 members (excludes halogenated alkanes) is 1. The number of piperidine rings is 1. The Morgan fingerprint density at radius 3 is 2.03 bits per heavy atom. The molecule has 738 valence electrons. The number of aliphatic hydroxyl groups is 2. The number of ether oxygens (including phenoxy) is 14. The first kappa shape index (κ1) is 105. The van der Waals surface area contributed by atoms with Gasteiger partial charge in [-0.05, 0) is 144 Å². The maximum atomic E-state index is 14.8. The van der Waals surface area contributed by atoms with Crippen LogP contribution in [0.25, 0.3) is 39.2 Å². The van der Waals surface area contributed by atoms with E-state index in [1.54, 1.807) is 56.5 Å². The van der Waals surface area contributed by atoms with Gasteiger partial charge in [-0.2, -0.15) is 14.8 Å². The maximum absolute atomic E-state index is 14.8. The summed E-state index contributed by atoms with van der Waals surface area (Å²) in [4.78, 5) is 113. The average molecular weight is 1870 g/mol. The number of ketones is 3. The monoisotopic (exact) mass is 1870 g/mol. The van der Waals surface area contributed by atoms with Crippen molar-refractivity contribution in [1.29, 1.82) is 0 Å². The Morgan fingerprint density at radius 2 is 1.35 bits per heavy atom. The summed E-state index contributed by atoms with van der Waals surface area (Å²) in [5.74, 6) is -6.75. The molecule has 0 spiro atoms. The molecule has 15 atom stereocenters. The van der Waals surface area contributed by atoms with Crippen molar-refractivity contribution >= 4 is 74.9 Å². The summed E-state index contributed by atoms with van der Waals surface area (Å²) >= 11 is 0. The van der Waals surface area contributed by atoms with Crippen LogP contribution < -0.4 is 16.4 Å². The Balaban J connectivity index is 0.501. The smallest absolute Gasteiger partial charge is 0.329 e. The van der Waals surface area contributed by atoms with E-state index >= 15 is 0 Å². The molecule has 4 fully saturated rings. The molecule has 2 amide bonds. The molecule has 9 heterocycles. The molecular formula is C96H141N15O23. The lowest BCUT2D eigenvalue weighted by molar-refractivity contribution is -0.265. The molecule has 1 saturated carbocycles. The summed E-state index contributed by atoms with van der Waals surface area (Å²) in [6.45, 7) is 22.6. The molecule has 2 bridgehead atoms. The van der Waals surface area contributed by atoms with E-state index in [0.717, 1.165) is 48.9 Å². The molecule has 11 rings (SSSR count). The van der Waals surface area contributed by atoms with Crippen LogP contribution in [0, 0.1) is 35.5 Å². The fourth-order valence-electron chi connectivity index (χ4n) is 17.9. The zero-order valence-electron chi connectivity index (χ0n) is 79.6. The largest absolute Gasteiger partial charge is 0.460 e. The summed E-state index contributed by atoms with van der Waals surface area (Å²) in [6.07, 6.45) is 19.2. The lowest BCUT2D eigenvalue weighted by atomic mass is 9.78. The lowest BCUT2D eigenvalue weighted by Gasteiger charge is -2.42. The number of rotatable bonds is 42. The highest BCUT2D eigenvalue weighted by molar-refractivity contribution is 6.39. The van der Waals surface area contributed by atoms with Gasteiger partial charge < -0.3 is 107 Å². The number of esters is 1. The van der Waals surface area contributed by atoms with Gasteiger partial charge in [0.2, 0.25) is 11.7 Å². The van der Waals surface area contributed by atoms with Gasteiger partial charge >= 0.3 is 5.97 Å². The Bertz CT molecular complexity index is 4820. The first-order valence-electron chi connectivity index (χ1n) is 47.5. The minimum Gasteiger partial charge on any atom is -0.460 e. The standard InChI is InChI=1S/C96H141N15O23/c1-63-18-12-11-13-19-64(2)79(120-8)57-73-25-22-69(7)96(119,134-73)90(116)93(117)110-29-16-14-21-75(110)94(118)132-80(58-76(112)65(3)53-68(6)88(115)89(122-10)87(114)67(5)52-63)66(4)54-70-23-26-78(81(55-70)121-9)131-35-17-15-20-72-60-109(106-104-72)34-37-124-39-41-126-43-45-128-47-49-130-51-50-129-48-46-127-44-42-125-40-38-123-36-28-84(113)108-32-30-107(31-33-108)82-59-83(100-61-99-82)111-92-85(91(97)101-62-102-92)86(105-111)71-24-27-77-74(56-71)103-95(98)133-77/h11-13,18-19,24,27,53,56,59-63,65-67,69-70,73,75,78-81,88-89,115,119H,14-17,20-23,25-26,28-52,54-55,57-58H2,1-10H3,(H2,98,103)(H2,97,101,102)/b13-11+,18-12+,64-19+,68-53+/t63-,65-,66-,67-,69-,70+,73+,75+,78-,79+,80+,81-,88-,89+,96-/m1/s1. The number of hydrogen-bond donors (Lipinski definition) is 4. The number of carbonyl (C=O) groups is 6. The molecule has 0 unspecified atom stereocenters. The second-order valence-corrected chi connectivity index (χ2v) is 35.6. The number of amides is 2. The molecule has 6 N–H and O–H groups in total. The van der Waals surface area contributed by atoms with Gasteiger partial charge in [0.1, 0.15) is 65.6 Å². The number of nitrogens with zero attached hydrogens (tertiary/aromatic N) is 13. The van der Waals surface area contributed by atoms with Crippen molar-refractivity contribution in [3.63, 3.8) is 0 Å². The molecule has 38 nitrogen and oxygen atoms in total. The van der Waals surface area contributed by atoms with Crippen molar-refractivity contribution in [3.05, 3.63) is 96.4 Å². The van der Waals surface area contributed by atoms with Crippen LogP contribution in [0.1, 0.15) is 150 Å². The second-order valence-electron chi connectivity index (χ2n) is 35.6. The van der Waals surface area contributed by atoms with Crippen molar-refractivity contribution in [2.24, 2.45) is 35.5 Å². The molecule has 1 aromatic carbocycles. The highest BCUT2D eigenvalue weighted by Gasteiger charge is 2.53. The summed E-state index contributed by atoms with van der Waals surface area (Å²) < 4.78 is 91.0. The molecule has 38 heteroatoms. The van der Waals surface area contributed by atoms with E-state index in [9.17, 15) is 39.0 Å². The van der Waals surface area contributed by atoms with Crippen LogP contribution in [0.3, 0.4) is 0 Å². The fourth-order valence-corrected chi connectivity index (χ4v) is 17.9. The van der Waals surface area contributed by atoms with Crippen LogP contribution in [0.2, 0.25) is 0 Å². The van der Waals surface area contributed by atoms with Gasteiger partial charge in [-0.25, -0.2) is 29.4 Å². The van der Waals surface area contributed by atoms with Gasteiger partial charge in [-0.1, -0.05) is 76.3 Å². The molecule has 5 aromatic heterocycles. The molecule has 3 saturated heterocycles. The van der Waals surface area contributed by atoms with Crippen molar-refractivity contribution in [2.45, 2.75) is 212 Å². The molecule has 5 aliphatic rings. The Morgan fingerprint density at radius 1 is 0.679 bits per heavy atom. The lowest BCUT2D eigenvalue weighted by Crippen LogP contribution is -2.61. The molecule has 4 aliphatic heterocycles. The van der Waals surface area contributed by atoms with Crippen molar-refractivity contribution < 1.29 is 110 Å². The normalized spacial score (nSPS) is 26.5. The topological polar surface area (TPSA) is 460 Å². The number of Topliss-reactive ketones (excluding diaryl/α,β-unsaturated/α-hetero) is 3. The van der Waals surface area contributed by atoms with E-state index in [1.165, 1.54) is 24.7 Å². The van der Waals surface area contributed by atoms with Gasteiger partial charge in [0, 0.05) is 109 Å². The number of hydrogen-bond acceptors (Lipinski definition) is 34. The highest BCUT2D eigenvalue weighted by atomic mass is 16.6. The maximum Gasteiger partial charge on any atom is 0.329 e. The summed E-state index contributed by atoms with van der Waals surface area (Å²) in [6, 6.07) is 6.15. The molecular weight excluding hydrogens is 1730 g/mol. The number of nitrogens with two attached hydrogens (primary N) is 2. The molecule has 1 aliphatic carbocycles. The number of nitrogen functional groups attached to an aromatic ring is 2. The number of aliphatic hydroxyl groups excluding tert-OH is 1. The number of anilines is 3. The zero-order chi connectivity index (χ0) is 95.5.